The minimum atomic E-state index is -0.351. The third kappa shape index (κ3) is 1.96. The molecule has 0 radical (unpaired) electrons. The molecule has 1 N–H and O–H groups in total. The average molecular weight is 241 g/mol. The number of Topliss-reactive ketones (excluding diaryl/α,β-unsaturated/α-hetero) is 1. The Labute approximate surface area is 95.2 Å². The van der Waals surface area contributed by atoms with Crippen LogP contribution in [-0.2, 0) is 11.3 Å². The van der Waals surface area contributed by atoms with Crippen molar-refractivity contribution in [2.75, 3.05) is 0 Å². The van der Waals surface area contributed by atoms with Crippen molar-refractivity contribution in [2.45, 2.75) is 19.9 Å². The summed E-state index contributed by atoms with van der Waals surface area (Å²) >= 11 is 5.60. The van der Waals surface area contributed by atoms with E-state index in [1.165, 1.54) is 17.8 Å². The van der Waals surface area contributed by atoms with Gasteiger partial charge in [0.2, 0.25) is 5.28 Å². The molecule has 0 spiro atoms. The summed E-state index contributed by atoms with van der Waals surface area (Å²) < 4.78 is 1.46. The molecule has 0 saturated heterocycles. The van der Waals surface area contributed by atoms with Gasteiger partial charge in [-0.3, -0.25) is 19.3 Å². The van der Waals surface area contributed by atoms with Gasteiger partial charge >= 0.3 is 0 Å². The van der Waals surface area contributed by atoms with E-state index in [-0.39, 0.29) is 16.6 Å². The third-order valence-corrected chi connectivity index (χ3v) is 2.33. The van der Waals surface area contributed by atoms with Gasteiger partial charge in [0.1, 0.15) is 11.3 Å². The number of rotatable bonds is 3. The van der Waals surface area contributed by atoms with Crippen molar-refractivity contribution in [1.29, 1.82) is 0 Å². The number of nitrogens with one attached hydrogen (secondary N) is 1. The summed E-state index contributed by atoms with van der Waals surface area (Å²) in [6.07, 6.45) is 1.79. The van der Waals surface area contributed by atoms with Crippen LogP contribution in [0.15, 0.2) is 11.0 Å². The maximum atomic E-state index is 11.6. The monoisotopic (exact) mass is 240 g/mol. The first-order valence-electron chi connectivity index (χ1n) is 4.68. The predicted molar refractivity (Wildman–Crippen MR) is 58.5 cm³/mol. The van der Waals surface area contributed by atoms with Gasteiger partial charge in [0.15, 0.2) is 5.52 Å². The lowest BCUT2D eigenvalue weighted by Gasteiger charge is -2.00. The Kier molecular flexibility index (Phi) is 2.74. The Morgan fingerprint density at radius 3 is 3.06 bits per heavy atom. The Hall–Kier alpha value is -1.69. The van der Waals surface area contributed by atoms with Crippen LogP contribution in [0.5, 0.6) is 0 Å². The summed E-state index contributed by atoms with van der Waals surface area (Å²) in [6.45, 7) is 1.86. The summed E-state index contributed by atoms with van der Waals surface area (Å²) in [5.41, 5.74) is 0.416. The molecule has 0 fully saturated rings. The summed E-state index contributed by atoms with van der Waals surface area (Å²) in [4.78, 5) is 28.8. The summed E-state index contributed by atoms with van der Waals surface area (Å²) in [6, 6.07) is 0. The van der Waals surface area contributed by atoms with E-state index in [1.807, 2.05) is 0 Å². The highest BCUT2D eigenvalue weighted by atomic mass is 35.5. The first-order valence-corrected chi connectivity index (χ1v) is 5.06. The number of aromatic amines is 1. The highest BCUT2D eigenvalue weighted by Gasteiger charge is 2.09. The van der Waals surface area contributed by atoms with E-state index in [9.17, 15) is 9.59 Å². The van der Waals surface area contributed by atoms with Crippen LogP contribution in [0.2, 0.25) is 5.28 Å². The van der Waals surface area contributed by atoms with Crippen LogP contribution in [0, 0.1) is 0 Å². The largest absolute Gasteiger partial charge is 0.300 e. The lowest BCUT2D eigenvalue weighted by molar-refractivity contribution is -0.117. The topological polar surface area (TPSA) is 80.6 Å². The van der Waals surface area contributed by atoms with Gasteiger partial charge in [-0.15, -0.1) is 0 Å². The zero-order valence-electron chi connectivity index (χ0n) is 8.53. The highest BCUT2D eigenvalue weighted by Crippen LogP contribution is 2.08. The SMILES string of the molecule is CC(=O)CCn1ncc2nc(Cl)[nH]c(=O)c21. The number of hydrogen-bond donors (Lipinski definition) is 1. The van der Waals surface area contributed by atoms with Crippen LogP contribution >= 0.6 is 11.6 Å². The maximum absolute atomic E-state index is 11.6. The fourth-order valence-corrected chi connectivity index (χ4v) is 1.59. The molecule has 7 heteroatoms. The van der Waals surface area contributed by atoms with Crippen molar-refractivity contribution in [2.24, 2.45) is 0 Å². The number of nitrogens with zero attached hydrogens (tertiary/aromatic N) is 3. The van der Waals surface area contributed by atoms with Crippen molar-refractivity contribution in [3.63, 3.8) is 0 Å². The average Bonchev–Trinajstić information content (AvgIpc) is 2.57. The summed E-state index contributed by atoms with van der Waals surface area (Å²) in [5.74, 6) is 0.0435. The van der Waals surface area contributed by atoms with E-state index < -0.39 is 0 Å². The second kappa shape index (κ2) is 4.05. The van der Waals surface area contributed by atoms with Crippen LogP contribution < -0.4 is 5.56 Å². The second-order valence-electron chi connectivity index (χ2n) is 3.41. The van der Waals surface area contributed by atoms with Gasteiger partial charge in [0.05, 0.1) is 6.20 Å². The molecule has 2 heterocycles. The lowest BCUT2D eigenvalue weighted by atomic mass is 10.3. The number of carbonyl (C=O) groups is 1. The van der Waals surface area contributed by atoms with Crippen molar-refractivity contribution in [3.05, 3.63) is 21.8 Å². The Balaban J connectivity index is 2.48. The molecule has 0 aromatic carbocycles. The highest BCUT2D eigenvalue weighted by molar-refractivity contribution is 6.28. The number of carbonyl (C=O) groups excluding carboxylic acids is 1. The molecule has 0 saturated carbocycles. The Bertz CT molecular complexity index is 601. The van der Waals surface area contributed by atoms with Crippen LogP contribution in [0.1, 0.15) is 13.3 Å². The standard InChI is InChI=1S/C9H9ClN4O2/c1-5(15)2-3-14-7-6(4-11-14)12-9(10)13-8(7)16/h4H,2-3H2,1H3,(H,12,13,16). The van der Waals surface area contributed by atoms with E-state index in [4.69, 9.17) is 11.6 Å². The van der Waals surface area contributed by atoms with Gasteiger partial charge in [-0.25, -0.2) is 4.98 Å². The van der Waals surface area contributed by atoms with Gasteiger partial charge in [-0.2, -0.15) is 5.10 Å². The molecule has 0 aliphatic rings. The predicted octanol–water partition coefficient (Wildman–Crippen LogP) is 0.752. The molecule has 0 unspecified atom stereocenters. The van der Waals surface area contributed by atoms with E-state index in [0.29, 0.717) is 24.0 Å². The van der Waals surface area contributed by atoms with E-state index >= 15 is 0 Å². The molecule has 0 amide bonds. The van der Waals surface area contributed by atoms with Gasteiger partial charge in [-0.1, -0.05) is 0 Å². The molecular weight excluding hydrogens is 232 g/mol. The number of ketones is 1. The first kappa shape index (κ1) is 10.8. The van der Waals surface area contributed by atoms with Crippen LogP contribution in [0.25, 0.3) is 11.0 Å². The second-order valence-corrected chi connectivity index (χ2v) is 3.77. The molecule has 84 valence electrons. The van der Waals surface area contributed by atoms with Crippen molar-refractivity contribution in [1.82, 2.24) is 19.7 Å². The molecule has 0 aliphatic carbocycles. The summed E-state index contributed by atoms with van der Waals surface area (Å²) in [7, 11) is 0. The number of aromatic nitrogens is 4. The van der Waals surface area contributed by atoms with E-state index in [1.54, 1.807) is 0 Å². The minimum Gasteiger partial charge on any atom is -0.300 e. The lowest BCUT2D eigenvalue weighted by Crippen LogP contribution is -2.14. The van der Waals surface area contributed by atoms with Gasteiger partial charge < -0.3 is 0 Å². The normalized spacial score (nSPS) is 10.9. The first-order chi connectivity index (χ1) is 7.58. The molecule has 2 rings (SSSR count). The molecule has 0 atom stereocenters. The zero-order valence-corrected chi connectivity index (χ0v) is 9.28. The fraction of sp³-hybridized carbons (Fsp3) is 0.333. The van der Waals surface area contributed by atoms with Crippen molar-refractivity contribution >= 4 is 28.4 Å². The Morgan fingerprint density at radius 1 is 1.62 bits per heavy atom. The zero-order chi connectivity index (χ0) is 11.7. The number of halogens is 1. The molecule has 6 nitrogen and oxygen atoms in total. The third-order valence-electron chi connectivity index (χ3n) is 2.15. The molecule has 2 aromatic heterocycles. The quantitative estimate of drug-likeness (QED) is 0.803. The number of H-pyrrole nitrogens is 1. The fourth-order valence-electron chi connectivity index (χ4n) is 1.41. The van der Waals surface area contributed by atoms with Crippen molar-refractivity contribution in [3.8, 4) is 0 Å². The molecule has 16 heavy (non-hydrogen) atoms. The van der Waals surface area contributed by atoms with Gasteiger partial charge in [0.25, 0.3) is 5.56 Å². The van der Waals surface area contributed by atoms with E-state index in [0.717, 1.165) is 0 Å². The number of fused-ring (bicyclic) bond motifs is 1. The molecular formula is C9H9ClN4O2. The molecule has 2 aromatic rings. The van der Waals surface area contributed by atoms with Crippen LogP contribution in [-0.4, -0.2) is 25.5 Å². The van der Waals surface area contributed by atoms with Gasteiger partial charge in [0, 0.05) is 13.0 Å². The molecule has 0 bridgehead atoms. The van der Waals surface area contributed by atoms with Crippen molar-refractivity contribution < 1.29 is 4.79 Å². The smallest absolute Gasteiger partial charge is 0.278 e. The van der Waals surface area contributed by atoms with E-state index in [2.05, 4.69) is 15.1 Å². The van der Waals surface area contributed by atoms with Crippen LogP contribution in [0.3, 0.4) is 0 Å². The maximum Gasteiger partial charge on any atom is 0.278 e. The minimum absolute atomic E-state index is 0.0311. The van der Waals surface area contributed by atoms with Crippen LogP contribution in [0.4, 0.5) is 0 Å². The summed E-state index contributed by atoms with van der Waals surface area (Å²) in [5, 5.41) is 4.02. The van der Waals surface area contributed by atoms with Gasteiger partial charge in [-0.05, 0) is 18.5 Å². The Morgan fingerprint density at radius 2 is 2.38 bits per heavy atom. The number of aryl methyl sites for hydroxylation is 1. The number of hydrogen-bond acceptors (Lipinski definition) is 4. The molecule has 0 aliphatic heterocycles.